The maximum Gasteiger partial charge on any atom is 0.348 e. The van der Waals surface area contributed by atoms with E-state index >= 15 is 0 Å². The number of cyclic esters (lactones) is 4. The minimum atomic E-state index is -1.76. The van der Waals surface area contributed by atoms with E-state index in [2.05, 4.69) is 10.6 Å². The molecule has 1 saturated heterocycles. The van der Waals surface area contributed by atoms with Crippen molar-refractivity contribution in [3.63, 3.8) is 0 Å². The molecule has 2 aromatic carbocycles. The quantitative estimate of drug-likeness (QED) is 0.137. The van der Waals surface area contributed by atoms with Crippen LogP contribution in [0.1, 0.15) is 64.4 Å². The Morgan fingerprint density at radius 1 is 0.857 bits per heavy atom. The zero-order valence-corrected chi connectivity index (χ0v) is 28.5. The largest absolute Gasteiger partial charge is 0.505 e. The zero-order valence-electron chi connectivity index (χ0n) is 28.5. The van der Waals surface area contributed by atoms with Crippen LogP contribution in [0.4, 0.5) is 5.69 Å². The Hall–Kier alpha value is -4.98. The van der Waals surface area contributed by atoms with Crippen LogP contribution in [0.2, 0.25) is 0 Å². The van der Waals surface area contributed by atoms with E-state index in [9.17, 15) is 39.0 Å². The van der Waals surface area contributed by atoms with Crippen molar-refractivity contribution >= 4 is 41.9 Å². The van der Waals surface area contributed by atoms with E-state index in [-0.39, 0.29) is 17.7 Å². The van der Waals surface area contributed by atoms with Crippen molar-refractivity contribution < 1.29 is 57.9 Å². The highest BCUT2D eigenvalue weighted by molar-refractivity contribution is 6.01. The minimum Gasteiger partial charge on any atom is -0.505 e. The van der Waals surface area contributed by atoms with E-state index in [1.54, 1.807) is 58.0 Å². The number of hydrogen-bond acceptors (Lipinski definition) is 12. The van der Waals surface area contributed by atoms with Crippen LogP contribution in [0, 0.1) is 17.3 Å². The number of amides is 2. The van der Waals surface area contributed by atoms with Crippen LogP contribution in [0.5, 0.6) is 5.75 Å². The standard InChI is InChI=1S/C35H44N2O12/c1-18(2)27-33(44)47-24(16-21-12-9-8-10-13-21)29(40)35(6,7)34(45)49-28(19(3)4)32(43)46-20(5)25(31(42)48-27)37-30(41)22-14-11-15-23(26(22)39)36-17-38/h8-15,17-20,24-25,27-29,39-40H,16H2,1-7H3,(H,36,38)(H,37,41)/t20-,24-,25?,27?,28+,29?/m1/s1. The van der Waals surface area contributed by atoms with Gasteiger partial charge in [-0.3, -0.25) is 14.4 Å². The summed E-state index contributed by atoms with van der Waals surface area (Å²) in [4.78, 5) is 78.8. The van der Waals surface area contributed by atoms with E-state index in [1.165, 1.54) is 39.0 Å². The number of esters is 4. The Morgan fingerprint density at radius 3 is 2.04 bits per heavy atom. The molecule has 0 saturated carbocycles. The van der Waals surface area contributed by atoms with Crippen LogP contribution in [-0.2, 0) is 49.3 Å². The third-order valence-electron chi connectivity index (χ3n) is 8.12. The van der Waals surface area contributed by atoms with Gasteiger partial charge in [0.25, 0.3) is 5.91 Å². The summed E-state index contributed by atoms with van der Waals surface area (Å²) >= 11 is 0. The summed E-state index contributed by atoms with van der Waals surface area (Å²) in [6, 6.07) is 10.9. The van der Waals surface area contributed by atoms with Gasteiger partial charge in [0.2, 0.25) is 18.6 Å². The lowest BCUT2D eigenvalue weighted by atomic mass is 9.81. The normalized spacial score (nSPS) is 25.2. The number of aliphatic hydroxyl groups is 1. The molecule has 2 aromatic rings. The number of rotatable bonds is 8. The maximum absolute atomic E-state index is 13.8. The Labute approximate surface area is 284 Å². The van der Waals surface area contributed by atoms with Gasteiger partial charge in [0.15, 0.2) is 11.8 Å². The van der Waals surface area contributed by atoms with E-state index < -0.39 is 89.3 Å². The lowest BCUT2D eigenvalue weighted by molar-refractivity contribution is -0.190. The molecule has 1 heterocycles. The van der Waals surface area contributed by atoms with E-state index in [1.807, 2.05) is 0 Å². The summed E-state index contributed by atoms with van der Waals surface area (Å²) in [7, 11) is 0. The van der Waals surface area contributed by atoms with Crippen LogP contribution in [0.15, 0.2) is 48.5 Å². The molecule has 14 nitrogen and oxygen atoms in total. The molecular weight excluding hydrogens is 640 g/mol. The molecule has 0 spiro atoms. The van der Waals surface area contributed by atoms with Gasteiger partial charge in [0.05, 0.1) is 16.7 Å². The van der Waals surface area contributed by atoms with Gasteiger partial charge in [0.1, 0.15) is 18.3 Å². The Balaban J connectivity index is 2.10. The van der Waals surface area contributed by atoms with Crippen LogP contribution in [0.25, 0.3) is 0 Å². The monoisotopic (exact) mass is 684 g/mol. The SMILES string of the molecule is CC(C)C1OC(=O)C(NC(=O)c2cccc(NC=O)c2O)[C@@H](C)OC(=O)[C@H](C(C)C)OC(=O)C(C)(C)C(O)[C@@H](Cc2ccccc2)OC1=O. The molecule has 0 radical (unpaired) electrons. The number of phenolic OH excluding ortho intramolecular Hbond substituents is 1. The second kappa shape index (κ2) is 16.4. The fourth-order valence-electron chi connectivity index (χ4n) is 5.06. The number of carbonyl (C=O) groups is 6. The highest BCUT2D eigenvalue weighted by Gasteiger charge is 2.47. The average Bonchev–Trinajstić information content (AvgIpc) is 3.04. The second-order valence-electron chi connectivity index (χ2n) is 13.1. The highest BCUT2D eigenvalue weighted by atomic mass is 16.6. The van der Waals surface area contributed by atoms with Gasteiger partial charge < -0.3 is 39.8 Å². The topological polar surface area (TPSA) is 204 Å². The van der Waals surface area contributed by atoms with E-state index in [0.717, 1.165) is 0 Å². The number of carbonyl (C=O) groups excluding carboxylic acids is 6. The fraction of sp³-hybridized carbons (Fsp3) is 0.486. The molecule has 0 bridgehead atoms. The maximum atomic E-state index is 13.8. The molecule has 0 aliphatic carbocycles. The molecule has 6 atom stereocenters. The molecule has 3 rings (SSSR count). The number of hydrogen-bond donors (Lipinski definition) is 4. The van der Waals surface area contributed by atoms with Crippen LogP contribution >= 0.6 is 0 Å². The molecule has 0 aromatic heterocycles. The summed E-state index contributed by atoms with van der Waals surface area (Å²) in [6.07, 6.45) is -7.27. The third kappa shape index (κ3) is 9.34. The molecule has 1 fully saturated rings. The summed E-state index contributed by atoms with van der Waals surface area (Å²) in [5.41, 5.74) is -1.49. The molecule has 14 heteroatoms. The average molecular weight is 685 g/mol. The van der Waals surface area contributed by atoms with Crippen molar-refractivity contribution in [2.45, 2.75) is 91.4 Å². The van der Waals surface area contributed by atoms with E-state index in [0.29, 0.717) is 12.0 Å². The number of benzene rings is 2. The molecule has 3 unspecified atom stereocenters. The number of ether oxygens (including phenoxy) is 4. The van der Waals surface area contributed by atoms with Gasteiger partial charge in [-0.15, -0.1) is 0 Å². The van der Waals surface area contributed by atoms with Crippen LogP contribution < -0.4 is 10.6 Å². The summed E-state index contributed by atoms with van der Waals surface area (Å²) in [6.45, 7) is 10.4. The number of nitrogens with one attached hydrogen (secondary N) is 2. The van der Waals surface area contributed by atoms with Crippen LogP contribution in [0.3, 0.4) is 0 Å². The lowest BCUT2D eigenvalue weighted by Crippen LogP contribution is -2.52. The summed E-state index contributed by atoms with van der Waals surface area (Å²) < 4.78 is 22.5. The number of phenols is 1. The van der Waals surface area contributed by atoms with Crippen molar-refractivity contribution in [1.29, 1.82) is 0 Å². The van der Waals surface area contributed by atoms with Gasteiger partial charge in [0, 0.05) is 18.3 Å². The van der Waals surface area contributed by atoms with Gasteiger partial charge in [-0.2, -0.15) is 0 Å². The number of aliphatic hydroxyl groups excluding tert-OH is 1. The molecular formula is C35H44N2O12. The first-order valence-corrected chi connectivity index (χ1v) is 15.9. The second-order valence-corrected chi connectivity index (χ2v) is 13.1. The smallest absolute Gasteiger partial charge is 0.348 e. The molecule has 2 amide bonds. The van der Waals surface area contributed by atoms with Crippen molar-refractivity contribution in [1.82, 2.24) is 5.32 Å². The van der Waals surface area contributed by atoms with E-state index in [4.69, 9.17) is 18.9 Å². The van der Waals surface area contributed by atoms with Gasteiger partial charge in [-0.25, -0.2) is 14.4 Å². The third-order valence-corrected chi connectivity index (χ3v) is 8.12. The zero-order chi connectivity index (χ0) is 36.6. The predicted octanol–water partition coefficient (Wildman–Crippen LogP) is 2.68. The van der Waals surface area contributed by atoms with Gasteiger partial charge in [-0.1, -0.05) is 64.1 Å². The molecule has 266 valence electrons. The van der Waals surface area contributed by atoms with Crippen molar-refractivity contribution in [2.24, 2.45) is 17.3 Å². The summed E-state index contributed by atoms with van der Waals surface area (Å²) in [5.74, 6) is -7.22. The fourth-order valence-corrected chi connectivity index (χ4v) is 5.06. The first kappa shape index (κ1) is 38.5. The number of para-hydroxylation sites is 1. The van der Waals surface area contributed by atoms with Crippen molar-refractivity contribution in [3.05, 3.63) is 59.7 Å². The molecule has 4 N–H and O–H groups in total. The first-order valence-electron chi connectivity index (χ1n) is 15.9. The Bertz CT molecular complexity index is 1520. The first-order chi connectivity index (χ1) is 23.0. The molecule has 1 aliphatic rings. The van der Waals surface area contributed by atoms with Crippen molar-refractivity contribution in [2.75, 3.05) is 5.32 Å². The summed E-state index contributed by atoms with van der Waals surface area (Å²) in [5, 5.41) is 26.8. The van der Waals surface area contributed by atoms with Gasteiger partial charge in [-0.05, 0) is 38.5 Å². The number of aromatic hydroxyl groups is 1. The Morgan fingerprint density at radius 2 is 1.45 bits per heavy atom. The Kier molecular flexibility index (Phi) is 12.9. The van der Waals surface area contributed by atoms with Crippen molar-refractivity contribution in [3.8, 4) is 5.75 Å². The molecule has 1 aliphatic heterocycles. The highest BCUT2D eigenvalue weighted by Crippen LogP contribution is 2.31. The minimum absolute atomic E-state index is 0.0316. The van der Waals surface area contributed by atoms with Gasteiger partial charge >= 0.3 is 23.9 Å². The lowest BCUT2D eigenvalue weighted by Gasteiger charge is -2.35. The molecule has 49 heavy (non-hydrogen) atoms. The van der Waals surface area contributed by atoms with Crippen LogP contribution in [-0.4, -0.2) is 83.0 Å². The number of anilines is 1. The predicted molar refractivity (Wildman–Crippen MR) is 174 cm³/mol.